The van der Waals surface area contributed by atoms with Crippen LogP contribution in [0.4, 0.5) is 0 Å². The highest BCUT2D eigenvalue weighted by Crippen LogP contribution is 2.38. The van der Waals surface area contributed by atoms with Crippen LogP contribution in [-0.2, 0) is 14.8 Å². The molecule has 2 unspecified atom stereocenters. The maximum Gasteiger partial charge on any atom is 0.239 e. The van der Waals surface area contributed by atoms with Crippen LogP contribution in [0.25, 0.3) is 0 Å². The molecule has 2 fully saturated rings. The maximum absolute atomic E-state index is 12.0. The highest BCUT2D eigenvalue weighted by Gasteiger charge is 2.43. The second-order valence-electron chi connectivity index (χ2n) is 4.71. The number of rotatable bonds is 2. The van der Waals surface area contributed by atoms with Crippen LogP contribution in [0, 0.1) is 11.8 Å². The quantitative estimate of drug-likeness (QED) is 0.712. The van der Waals surface area contributed by atoms with E-state index >= 15 is 0 Å². The largest absolute Gasteiger partial charge is 0.273 e. The molecule has 5 heteroatoms. The lowest BCUT2D eigenvalue weighted by molar-refractivity contribution is -0.131. The van der Waals surface area contributed by atoms with E-state index in [1.165, 1.54) is 0 Å². The number of sulfonamides is 1. The molecule has 1 saturated carbocycles. The molecule has 0 aromatic rings. The summed E-state index contributed by atoms with van der Waals surface area (Å²) in [5.74, 6) is 0.223. The molecule has 1 aliphatic carbocycles. The Morgan fingerprint density at radius 2 is 1.93 bits per heavy atom. The Bertz CT molecular complexity index is 372. The van der Waals surface area contributed by atoms with Gasteiger partial charge in [0.15, 0.2) is 0 Å². The summed E-state index contributed by atoms with van der Waals surface area (Å²) < 4.78 is 24.5. The van der Waals surface area contributed by atoms with Gasteiger partial charge in [-0.05, 0) is 32.1 Å². The second-order valence-corrected chi connectivity index (χ2v) is 6.68. The number of hydrogen-bond acceptors (Lipinski definition) is 3. The Kier molecular flexibility index (Phi) is 2.53. The highest BCUT2D eigenvalue weighted by atomic mass is 32.2. The van der Waals surface area contributed by atoms with Gasteiger partial charge in [0.25, 0.3) is 0 Å². The Labute approximate surface area is 90.7 Å². The summed E-state index contributed by atoms with van der Waals surface area (Å²) >= 11 is 0. The zero-order valence-corrected chi connectivity index (χ0v) is 9.96. The van der Waals surface area contributed by atoms with Crippen molar-refractivity contribution in [3.05, 3.63) is 0 Å². The van der Waals surface area contributed by atoms with E-state index in [1.54, 1.807) is 0 Å². The van der Waals surface area contributed by atoms with Crippen LogP contribution in [0.5, 0.6) is 0 Å². The van der Waals surface area contributed by atoms with Crippen LogP contribution >= 0.6 is 0 Å². The van der Waals surface area contributed by atoms with E-state index in [0.717, 1.165) is 17.1 Å². The lowest BCUT2D eigenvalue weighted by atomic mass is 10.1. The number of nitrogens with zero attached hydrogens (tertiary/aromatic N) is 1. The molecule has 0 spiro atoms. The third kappa shape index (κ3) is 1.89. The molecule has 0 aromatic carbocycles. The van der Waals surface area contributed by atoms with Gasteiger partial charge in [-0.1, -0.05) is 6.92 Å². The lowest BCUT2D eigenvalue weighted by Crippen LogP contribution is -2.41. The molecule has 1 saturated heterocycles. The Morgan fingerprint density at radius 1 is 1.33 bits per heavy atom. The molecule has 2 aliphatic rings. The zero-order valence-electron chi connectivity index (χ0n) is 9.14. The molecule has 0 N–H and O–H groups in total. The summed E-state index contributed by atoms with van der Waals surface area (Å²) in [5, 5.41) is 0. The van der Waals surface area contributed by atoms with Crippen LogP contribution in [0.15, 0.2) is 0 Å². The summed E-state index contributed by atoms with van der Waals surface area (Å²) in [6.45, 7) is 3.66. The van der Waals surface area contributed by atoms with Gasteiger partial charge in [-0.3, -0.25) is 4.79 Å². The van der Waals surface area contributed by atoms with Gasteiger partial charge in [0, 0.05) is 12.0 Å². The molecule has 4 nitrogen and oxygen atoms in total. The molecular weight excluding hydrogens is 214 g/mol. The van der Waals surface area contributed by atoms with Crippen LogP contribution in [0.1, 0.15) is 33.1 Å². The van der Waals surface area contributed by atoms with Gasteiger partial charge in [0.1, 0.15) is 0 Å². The van der Waals surface area contributed by atoms with Gasteiger partial charge >= 0.3 is 0 Å². The summed E-state index contributed by atoms with van der Waals surface area (Å²) in [4.78, 5) is 12.0. The molecular formula is C10H17NO3S. The smallest absolute Gasteiger partial charge is 0.239 e. The Morgan fingerprint density at radius 3 is 2.33 bits per heavy atom. The van der Waals surface area contributed by atoms with Crippen molar-refractivity contribution in [3.63, 3.8) is 0 Å². The van der Waals surface area contributed by atoms with Crippen LogP contribution in [0.2, 0.25) is 0 Å². The minimum Gasteiger partial charge on any atom is -0.273 e. The summed E-state index contributed by atoms with van der Waals surface area (Å²) in [6, 6.07) is -0.149. The van der Waals surface area contributed by atoms with Crippen molar-refractivity contribution >= 4 is 15.9 Å². The summed E-state index contributed by atoms with van der Waals surface area (Å²) in [6.07, 6.45) is 2.70. The predicted molar refractivity (Wildman–Crippen MR) is 56.6 cm³/mol. The minimum absolute atomic E-state index is 0.122. The molecule has 1 amide bonds. The maximum atomic E-state index is 12.0. The standard InChI is InChI=1S/C10H17NO3S/c1-7-5-6-15(13,14)11(7)10(12)8(2)9-3-4-9/h7-9H,3-6H2,1-2H3. The topological polar surface area (TPSA) is 54.5 Å². The highest BCUT2D eigenvalue weighted by molar-refractivity contribution is 7.89. The van der Waals surface area contributed by atoms with Crippen molar-refractivity contribution < 1.29 is 13.2 Å². The molecule has 0 bridgehead atoms. The molecule has 0 aromatic heterocycles. The van der Waals surface area contributed by atoms with Gasteiger partial charge in [0.2, 0.25) is 15.9 Å². The third-order valence-electron chi connectivity index (χ3n) is 3.43. The molecule has 2 rings (SSSR count). The van der Waals surface area contributed by atoms with Gasteiger partial charge in [-0.2, -0.15) is 0 Å². The van der Waals surface area contributed by atoms with Crippen molar-refractivity contribution in [1.29, 1.82) is 0 Å². The van der Waals surface area contributed by atoms with E-state index in [1.807, 2.05) is 13.8 Å². The second kappa shape index (κ2) is 3.47. The molecule has 2 atom stereocenters. The van der Waals surface area contributed by atoms with Crippen molar-refractivity contribution in [2.24, 2.45) is 11.8 Å². The van der Waals surface area contributed by atoms with E-state index in [0.29, 0.717) is 12.3 Å². The first-order chi connectivity index (χ1) is 6.93. The fraction of sp³-hybridized carbons (Fsp3) is 0.900. The number of hydrogen-bond donors (Lipinski definition) is 0. The average Bonchev–Trinajstić information content (AvgIpc) is 2.93. The number of amides is 1. The first kappa shape index (κ1) is 10.9. The van der Waals surface area contributed by atoms with Crippen molar-refractivity contribution in [2.45, 2.75) is 39.2 Å². The number of carbonyl (C=O) groups excluding carboxylic acids is 1. The molecule has 1 aliphatic heterocycles. The minimum atomic E-state index is -3.30. The van der Waals surface area contributed by atoms with E-state index in [2.05, 4.69) is 0 Å². The fourth-order valence-corrected chi connectivity index (χ4v) is 4.09. The van der Waals surface area contributed by atoms with Gasteiger partial charge in [-0.15, -0.1) is 0 Å². The first-order valence-corrected chi connectivity index (χ1v) is 7.10. The summed E-state index contributed by atoms with van der Waals surface area (Å²) in [5.41, 5.74) is 0. The Hall–Kier alpha value is -0.580. The number of carbonyl (C=O) groups is 1. The van der Waals surface area contributed by atoms with Gasteiger partial charge < -0.3 is 0 Å². The van der Waals surface area contributed by atoms with Gasteiger partial charge in [0.05, 0.1) is 5.75 Å². The van der Waals surface area contributed by atoms with E-state index in [4.69, 9.17) is 0 Å². The lowest BCUT2D eigenvalue weighted by Gasteiger charge is -2.23. The Balaban J connectivity index is 2.17. The van der Waals surface area contributed by atoms with E-state index < -0.39 is 10.0 Å². The molecule has 0 radical (unpaired) electrons. The third-order valence-corrected chi connectivity index (χ3v) is 5.32. The fourth-order valence-electron chi connectivity index (χ4n) is 2.16. The van der Waals surface area contributed by atoms with Crippen LogP contribution < -0.4 is 0 Å². The van der Waals surface area contributed by atoms with Gasteiger partial charge in [-0.25, -0.2) is 12.7 Å². The normalized spacial score (nSPS) is 31.6. The van der Waals surface area contributed by atoms with Crippen molar-refractivity contribution in [1.82, 2.24) is 4.31 Å². The van der Waals surface area contributed by atoms with Crippen molar-refractivity contribution in [2.75, 3.05) is 5.75 Å². The van der Waals surface area contributed by atoms with E-state index in [-0.39, 0.29) is 23.6 Å². The molecule has 86 valence electrons. The van der Waals surface area contributed by atoms with Crippen LogP contribution in [-0.4, -0.2) is 30.4 Å². The van der Waals surface area contributed by atoms with Crippen molar-refractivity contribution in [3.8, 4) is 0 Å². The SMILES string of the molecule is CC(C(=O)N1C(C)CCS1(=O)=O)C1CC1. The average molecular weight is 231 g/mol. The first-order valence-electron chi connectivity index (χ1n) is 5.49. The van der Waals surface area contributed by atoms with E-state index in [9.17, 15) is 13.2 Å². The van der Waals surface area contributed by atoms with Crippen LogP contribution in [0.3, 0.4) is 0 Å². The predicted octanol–water partition coefficient (Wildman–Crippen LogP) is 0.983. The zero-order chi connectivity index (χ0) is 11.2. The monoisotopic (exact) mass is 231 g/mol. The molecule has 1 heterocycles. The summed E-state index contributed by atoms with van der Waals surface area (Å²) in [7, 11) is -3.30. The molecule has 15 heavy (non-hydrogen) atoms.